The van der Waals surface area contributed by atoms with E-state index < -0.39 is 0 Å². The molecular weight excluding hydrogens is 253 g/mol. The van der Waals surface area contributed by atoms with Crippen LogP contribution in [0, 0.1) is 12.7 Å². The first-order valence-electron chi connectivity index (χ1n) is 6.61. The van der Waals surface area contributed by atoms with Gasteiger partial charge in [-0.3, -0.25) is 0 Å². The molecule has 1 heterocycles. The minimum atomic E-state index is -0.175. The van der Waals surface area contributed by atoms with E-state index in [2.05, 4.69) is 4.98 Å². The van der Waals surface area contributed by atoms with Crippen LogP contribution in [0.3, 0.4) is 0 Å². The number of anilines is 1. The second-order valence-electron chi connectivity index (χ2n) is 4.96. The standard InChI is InChI=1S/C16H16FN3/c1-11-6-7-15-14(10-11)19-16(18)20(15)9-8-12-4-2-3-5-13(12)17/h2-7,10H,8-9H2,1H3,(H2,18,19). The third kappa shape index (κ3) is 2.25. The Balaban J connectivity index is 1.91. The summed E-state index contributed by atoms with van der Waals surface area (Å²) in [6.07, 6.45) is 0.593. The molecule has 20 heavy (non-hydrogen) atoms. The summed E-state index contributed by atoms with van der Waals surface area (Å²) >= 11 is 0. The normalized spacial score (nSPS) is 11.1. The first kappa shape index (κ1) is 12.7. The molecule has 3 aromatic rings. The minimum absolute atomic E-state index is 0.175. The van der Waals surface area contributed by atoms with E-state index in [1.807, 2.05) is 35.8 Å². The Morgan fingerprint density at radius 3 is 2.80 bits per heavy atom. The Morgan fingerprint density at radius 1 is 1.20 bits per heavy atom. The van der Waals surface area contributed by atoms with Gasteiger partial charge in [-0.15, -0.1) is 0 Å². The Labute approximate surface area is 116 Å². The van der Waals surface area contributed by atoms with E-state index in [1.165, 1.54) is 6.07 Å². The molecule has 0 fully saturated rings. The number of benzene rings is 2. The number of hydrogen-bond donors (Lipinski definition) is 1. The van der Waals surface area contributed by atoms with Crippen LogP contribution in [0.2, 0.25) is 0 Å². The quantitative estimate of drug-likeness (QED) is 0.792. The van der Waals surface area contributed by atoms with E-state index in [0.717, 1.165) is 16.6 Å². The molecule has 3 nitrogen and oxygen atoms in total. The molecule has 0 bridgehead atoms. The van der Waals surface area contributed by atoms with Gasteiger partial charge in [0.15, 0.2) is 0 Å². The maximum Gasteiger partial charge on any atom is 0.201 e. The van der Waals surface area contributed by atoms with Gasteiger partial charge in [0.2, 0.25) is 5.95 Å². The summed E-state index contributed by atoms with van der Waals surface area (Å²) in [5.74, 6) is 0.299. The molecule has 0 aliphatic rings. The van der Waals surface area contributed by atoms with Gasteiger partial charge >= 0.3 is 0 Å². The van der Waals surface area contributed by atoms with Crippen LogP contribution in [-0.4, -0.2) is 9.55 Å². The monoisotopic (exact) mass is 269 g/mol. The number of imidazole rings is 1. The van der Waals surface area contributed by atoms with Crippen LogP contribution in [0.5, 0.6) is 0 Å². The zero-order chi connectivity index (χ0) is 14.1. The molecule has 2 N–H and O–H groups in total. The first-order valence-corrected chi connectivity index (χ1v) is 6.61. The average molecular weight is 269 g/mol. The summed E-state index contributed by atoms with van der Waals surface area (Å²) in [4.78, 5) is 4.36. The molecule has 102 valence electrons. The van der Waals surface area contributed by atoms with Crippen LogP contribution in [-0.2, 0) is 13.0 Å². The van der Waals surface area contributed by atoms with Gasteiger partial charge in [0.05, 0.1) is 11.0 Å². The lowest BCUT2D eigenvalue weighted by Gasteiger charge is -2.07. The molecule has 0 radical (unpaired) electrons. The molecule has 0 unspecified atom stereocenters. The average Bonchev–Trinajstić information content (AvgIpc) is 2.73. The highest BCUT2D eigenvalue weighted by Gasteiger charge is 2.09. The van der Waals surface area contributed by atoms with Crippen LogP contribution < -0.4 is 5.73 Å². The third-order valence-corrected chi connectivity index (χ3v) is 3.50. The van der Waals surface area contributed by atoms with Gasteiger partial charge in [0.25, 0.3) is 0 Å². The number of hydrogen-bond acceptors (Lipinski definition) is 2. The van der Waals surface area contributed by atoms with Gasteiger partial charge in [-0.1, -0.05) is 24.3 Å². The van der Waals surface area contributed by atoms with Gasteiger partial charge in [0, 0.05) is 6.54 Å². The Morgan fingerprint density at radius 2 is 2.00 bits per heavy atom. The third-order valence-electron chi connectivity index (χ3n) is 3.50. The molecule has 2 aromatic carbocycles. The van der Waals surface area contributed by atoms with E-state index in [1.54, 1.807) is 12.1 Å². The van der Waals surface area contributed by atoms with Gasteiger partial charge in [-0.2, -0.15) is 0 Å². The fourth-order valence-electron chi connectivity index (χ4n) is 2.43. The van der Waals surface area contributed by atoms with Crippen LogP contribution in [0.15, 0.2) is 42.5 Å². The first-order chi connectivity index (χ1) is 9.65. The number of nitrogens with two attached hydrogens (primary N) is 1. The molecule has 0 atom stereocenters. The summed E-state index contributed by atoms with van der Waals surface area (Å²) < 4.78 is 15.6. The predicted molar refractivity (Wildman–Crippen MR) is 79.0 cm³/mol. The molecule has 4 heteroatoms. The second kappa shape index (κ2) is 4.96. The highest BCUT2D eigenvalue weighted by atomic mass is 19.1. The lowest BCUT2D eigenvalue weighted by molar-refractivity contribution is 0.597. The van der Waals surface area contributed by atoms with Crippen molar-refractivity contribution in [3.8, 4) is 0 Å². The van der Waals surface area contributed by atoms with Crippen molar-refractivity contribution in [1.29, 1.82) is 0 Å². The SMILES string of the molecule is Cc1ccc2c(c1)nc(N)n2CCc1ccccc1F. The minimum Gasteiger partial charge on any atom is -0.369 e. The Bertz CT molecular complexity index is 762. The predicted octanol–water partition coefficient (Wildman–Crippen LogP) is 3.31. The fourth-order valence-corrected chi connectivity index (χ4v) is 2.43. The van der Waals surface area contributed by atoms with E-state index in [-0.39, 0.29) is 5.82 Å². The number of rotatable bonds is 3. The molecule has 0 aliphatic carbocycles. The van der Waals surface area contributed by atoms with Crippen LogP contribution in [0.4, 0.5) is 10.3 Å². The van der Waals surface area contributed by atoms with Crippen LogP contribution in [0.1, 0.15) is 11.1 Å². The van der Waals surface area contributed by atoms with Crippen molar-refractivity contribution in [2.75, 3.05) is 5.73 Å². The largest absolute Gasteiger partial charge is 0.369 e. The summed E-state index contributed by atoms with van der Waals surface area (Å²) in [6.45, 7) is 2.64. The summed E-state index contributed by atoms with van der Waals surface area (Å²) in [6, 6.07) is 12.9. The lowest BCUT2D eigenvalue weighted by atomic mass is 10.1. The van der Waals surface area contributed by atoms with E-state index in [9.17, 15) is 4.39 Å². The van der Waals surface area contributed by atoms with Crippen LogP contribution >= 0.6 is 0 Å². The maximum absolute atomic E-state index is 13.6. The molecule has 0 amide bonds. The summed E-state index contributed by atoms with van der Waals surface area (Å²) in [7, 11) is 0. The van der Waals surface area contributed by atoms with Crippen LogP contribution in [0.25, 0.3) is 11.0 Å². The fraction of sp³-hybridized carbons (Fsp3) is 0.188. The molecule has 1 aromatic heterocycles. The Hall–Kier alpha value is -2.36. The van der Waals surface area contributed by atoms with Crippen molar-refractivity contribution in [3.63, 3.8) is 0 Å². The van der Waals surface area contributed by atoms with Crippen molar-refractivity contribution in [2.24, 2.45) is 0 Å². The molecule has 0 saturated carbocycles. The topological polar surface area (TPSA) is 43.8 Å². The second-order valence-corrected chi connectivity index (χ2v) is 4.96. The maximum atomic E-state index is 13.6. The van der Waals surface area contributed by atoms with E-state index >= 15 is 0 Å². The molecule has 3 rings (SSSR count). The molecular formula is C16H16FN3. The highest BCUT2D eigenvalue weighted by molar-refractivity contribution is 5.79. The van der Waals surface area contributed by atoms with E-state index in [4.69, 9.17) is 5.73 Å². The summed E-state index contributed by atoms with van der Waals surface area (Å²) in [5, 5.41) is 0. The van der Waals surface area contributed by atoms with Crippen molar-refractivity contribution in [1.82, 2.24) is 9.55 Å². The lowest BCUT2D eigenvalue weighted by Crippen LogP contribution is -2.06. The number of fused-ring (bicyclic) bond motifs is 1. The smallest absolute Gasteiger partial charge is 0.201 e. The van der Waals surface area contributed by atoms with Crippen molar-refractivity contribution in [3.05, 3.63) is 59.4 Å². The molecule has 0 aliphatic heterocycles. The number of halogens is 1. The van der Waals surface area contributed by atoms with Crippen molar-refractivity contribution in [2.45, 2.75) is 19.9 Å². The van der Waals surface area contributed by atoms with Gasteiger partial charge < -0.3 is 10.3 Å². The van der Waals surface area contributed by atoms with Crippen molar-refractivity contribution >= 4 is 17.0 Å². The summed E-state index contributed by atoms with van der Waals surface area (Å²) in [5.41, 5.74) is 9.68. The number of nitrogen functional groups attached to an aromatic ring is 1. The number of aromatic nitrogens is 2. The zero-order valence-electron chi connectivity index (χ0n) is 11.3. The highest BCUT2D eigenvalue weighted by Crippen LogP contribution is 2.20. The van der Waals surface area contributed by atoms with Gasteiger partial charge in [-0.05, 0) is 42.7 Å². The number of nitrogens with zero attached hydrogens (tertiary/aromatic N) is 2. The van der Waals surface area contributed by atoms with Gasteiger partial charge in [0.1, 0.15) is 5.82 Å². The van der Waals surface area contributed by atoms with Gasteiger partial charge in [-0.25, -0.2) is 9.37 Å². The Kier molecular flexibility index (Phi) is 3.14. The van der Waals surface area contributed by atoms with Crippen molar-refractivity contribution < 1.29 is 4.39 Å². The van der Waals surface area contributed by atoms with E-state index in [0.29, 0.717) is 24.5 Å². The number of aryl methyl sites for hydroxylation is 3. The molecule has 0 spiro atoms. The molecule has 0 saturated heterocycles. The zero-order valence-corrected chi connectivity index (χ0v) is 11.3.